The van der Waals surface area contributed by atoms with Crippen molar-refractivity contribution in [1.82, 2.24) is 4.90 Å². The maximum atomic E-state index is 9.10. The molecule has 0 heterocycles. The first-order valence-electron chi connectivity index (χ1n) is 7.47. The SMILES string of the molecule is NCCCN(Cc1ccccc1)Cc1ccc(CO)cc1. The van der Waals surface area contributed by atoms with Crippen LogP contribution in [0.5, 0.6) is 0 Å². The highest BCUT2D eigenvalue weighted by molar-refractivity contribution is 5.22. The zero-order valence-electron chi connectivity index (χ0n) is 12.4. The summed E-state index contributed by atoms with van der Waals surface area (Å²) in [6.45, 7) is 3.65. The third-order valence-electron chi connectivity index (χ3n) is 3.54. The van der Waals surface area contributed by atoms with Crippen molar-refractivity contribution in [3.05, 3.63) is 71.3 Å². The average molecular weight is 284 g/mol. The molecule has 0 unspecified atom stereocenters. The molecule has 0 aliphatic rings. The van der Waals surface area contributed by atoms with E-state index >= 15 is 0 Å². The molecular weight excluding hydrogens is 260 g/mol. The van der Waals surface area contributed by atoms with E-state index in [1.165, 1.54) is 11.1 Å². The smallest absolute Gasteiger partial charge is 0.0681 e. The Balaban J connectivity index is 2.00. The fourth-order valence-electron chi connectivity index (χ4n) is 2.38. The van der Waals surface area contributed by atoms with E-state index in [9.17, 15) is 0 Å². The molecular formula is C18H24N2O. The maximum Gasteiger partial charge on any atom is 0.0681 e. The van der Waals surface area contributed by atoms with Crippen molar-refractivity contribution in [2.45, 2.75) is 26.1 Å². The van der Waals surface area contributed by atoms with E-state index in [4.69, 9.17) is 10.8 Å². The highest BCUT2D eigenvalue weighted by atomic mass is 16.3. The van der Waals surface area contributed by atoms with Crippen LogP contribution in [0.2, 0.25) is 0 Å². The molecule has 0 saturated carbocycles. The van der Waals surface area contributed by atoms with Crippen LogP contribution >= 0.6 is 0 Å². The minimum Gasteiger partial charge on any atom is -0.392 e. The van der Waals surface area contributed by atoms with Gasteiger partial charge < -0.3 is 10.8 Å². The molecule has 0 amide bonds. The van der Waals surface area contributed by atoms with Crippen LogP contribution in [0.4, 0.5) is 0 Å². The van der Waals surface area contributed by atoms with Gasteiger partial charge in [0.15, 0.2) is 0 Å². The van der Waals surface area contributed by atoms with Gasteiger partial charge in [-0.15, -0.1) is 0 Å². The van der Waals surface area contributed by atoms with Gasteiger partial charge in [-0.25, -0.2) is 0 Å². The Morgan fingerprint density at radius 1 is 0.810 bits per heavy atom. The van der Waals surface area contributed by atoms with E-state index in [2.05, 4.69) is 41.3 Å². The van der Waals surface area contributed by atoms with Crippen molar-refractivity contribution < 1.29 is 5.11 Å². The van der Waals surface area contributed by atoms with E-state index in [0.717, 1.165) is 38.2 Å². The monoisotopic (exact) mass is 284 g/mol. The van der Waals surface area contributed by atoms with E-state index in [-0.39, 0.29) is 6.61 Å². The number of benzene rings is 2. The molecule has 0 aliphatic carbocycles. The number of nitrogens with zero attached hydrogens (tertiary/aromatic N) is 1. The Hall–Kier alpha value is -1.68. The molecule has 2 rings (SSSR count). The lowest BCUT2D eigenvalue weighted by Gasteiger charge is -2.22. The van der Waals surface area contributed by atoms with Gasteiger partial charge in [-0.1, -0.05) is 54.6 Å². The van der Waals surface area contributed by atoms with Crippen LogP contribution in [-0.2, 0) is 19.7 Å². The van der Waals surface area contributed by atoms with Crippen LogP contribution in [-0.4, -0.2) is 23.1 Å². The van der Waals surface area contributed by atoms with Crippen LogP contribution in [0.1, 0.15) is 23.1 Å². The largest absolute Gasteiger partial charge is 0.392 e. The Morgan fingerprint density at radius 2 is 1.38 bits per heavy atom. The minimum absolute atomic E-state index is 0.0984. The summed E-state index contributed by atoms with van der Waals surface area (Å²) in [6.07, 6.45) is 1.00. The number of nitrogens with two attached hydrogens (primary N) is 1. The molecule has 0 saturated heterocycles. The molecule has 0 bridgehead atoms. The molecule has 21 heavy (non-hydrogen) atoms. The van der Waals surface area contributed by atoms with Crippen molar-refractivity contribution in [2.75, 3.05) is 13.1 Å². The molecule has 3 N–H and O–H groups in total. The summed E-state index contributed by atoms with van der Waals surface area (Å²) in [5.74, 6) is 0. The summed E-state index contributed by atoms with van der Waals surface area (Å²) < 4.78 is 0. The van der Waals surface area contributed by atoms with E-state index in [1.807, 2.05) is 18.2 Å². The van der Waals surface area contributed by atoms with Crippen LogP contribution < -0.4 is 5.73 Å². The average Bonchev–Trinajstić information content (AvgIpc) is 2.54. The molecule has 0 atom stereocenters. The van der Waals surface area contributed by atoms with Crippen molar-refractivity contribution in [3.8, 4) is 0 Å². The standard InChI is InChI=1S/C18H24N2O/c19-11-4-12-20(13-16-5-2-1-3-6-16)14-17-7-9-18(15-21)10-8-17/h1-3,5-10,21H,4,11-15,19H2. The first-order chi connectivity index (χ1) is 10.3. The highest BCUT2D eigenvalue weighted by Gasteiger charge is 2.07. The third-order valence-corrected chi connectivity index (χ3v) is 3.54. The van der Waals surface area contributed by atoms with Gasteiger partial charge in [0.1, 0.15) is 0 Å². The molecule has 0 fully saturated rings. The minimum atomic E-state index is 0.0984. The lowest BCUT2D eigenvalue weighted by atomic mass is 10.1. The second kappa shape index (κ2) is 8.57. The van der Waals surface area contributed by atoms with E-state index < -0.39 is 0 Å². The molecule has 2 aromatic rings. The van der Waals surface area contributed by atoms with Crippen molar-refractivity contribution in [3.63, 3.8) is 0 Å². The summed E-state index contributed by atoms with van der Waals surface area (Å²) in [5.41, 5.74) is 9.19. The number of hydrogen-bond acceptors (Lipinski definition) is 3. The lowest BCUT2D eigenvalue weighted by molar-refractivity contribution is 0.255. The van der Waals surface area contributed by atoms with Crippen molar-refractivity contribution >= 4 is 0 Å². The second-order valence-electron chi connectivity index (χ2n) is 5.31. The van der Waals surface area contributed by atoms with Crippen molar-refractivity contribution in [2.24, 2.45) is 5.73 Å². The van der Waals surface area contributed by atoms with Crippen LogP contribution in [0.3, 0.4) is 0 Å². The molecule has 0 aliphatic heterocycles. The van der Waals surface area contributed by atoms with Gasteiger partial charge >= 0.3 is 0 Å². The Kier molecular flexibility index (Phi) is 6.41. The zero-order chi connectivity index (χ0) is 14.9. The van der Waals surface area contributed by atoms with Gasteiger partial charge in [0.2, 0.25) is 0 Å². The molecule has 3 heteroatoms. The predicted molar refractivity (Wildman–Crippen MR) is 86.6 cm³/mol. The van der Waals surface area contributed by atoms with Gasteiger partial charge in [-0.2, -0.15) is 0 Å². The van der Waals surface area contributed by atoms with E-state index in [0.29, 0.717) is 0 Å². The number of aliphatic hydroxyl groups is 1. The van der Waals surface area contributed by atoms with E-state index in [1.54, 1.807) is 0 Å². The van der Waals surface area contributed by atoms with Gasteiger partial charge in [0.25, 0.3) is 0 Å². The molecule has 0 spiro atoms. The lowest BCUT2D eigenvalue weighted by Crippen LogP contribution is -2.25. The summed E-state index contributed by atoms with van der Waals surface area (Å²) in [4.78, 5) is 2.41. The van der Waals surface area contributed by atoms with Crippen molar-refractivity contribution in [1.29, 1.82) is 0 Å². The molecule has 3 nitrogen and oxygen atoms in total. The fourth-order valence-corrected chi connectivity index (χ4v) is 2.38. The van der Waals surface area contributed by atoms with Gasteiger partial charge in [0.05, 0.1) is 6.61 Å². The summed E-state index contributed by atoms with van der Waals surface area (Å²) >= 11 is 0. The highest BCUT2D eigenvalue weighted by Crippen LogP contribution is 2.11. The predicted octanol–water partition coefficient (Wildman–Crippen LogP) is 2.53. The third kappa shape index (κ3) is 5.31. The van der Waals surface area contributed by atoms with Gasteiger partial charge in [-0.05, 0) is 29.7 Å². The fraction of sp³-hybridized carbons (Fsp3) is 0.333. The number of hydrogen-bond donors (Lipinski definition) is 2. The molecule has 2 aromatic carbocycles. The Bertz CT molecular complexity index is 511. The summed E-state index contributed by atoms with van der Waals surface area (Å²) in [5, 5.41) is 9.10. The van der Waals surface area contributed by atoms with Crippen LogP contribution in [0.25, 0.3) is 0 Å². The normalized spacial score (nSPS) is 11.0. The number of aliphatic hydroxyl groups excluding tert-OH is 1. The van der Waals surface area contributed by atoms with Crippen LogP contribution in [0.15, 0.2) is 54.6 Å². The van der Waals surface area contributed by atoms with Gasteiger partial charge in [-0.3, -0.25) is 4.90 Å². The van der Waals surface area contributed by atoms with Gasteiger partial charge in [0, 0.05) is 19.6 Å². The zero-order valence-corrected chi connectivity index (χ0v) is 12.4. The molecule has 112 valence electrons. The first kappa shape index (κ1) is 15.7. The number of rotatable bonds is 8. The quantitative estimate of drug-likeness (QED) is 0.783. The molecule has 0 radical (unpaired) electrons. The van der Waals surface area contributed by atoms with Crippen LogP contribution in [0, 0.1) is 0 Å². The summed E-state index contributed by atoms with van der Waals surface area (Å²) in [6, 6.07) is 18.7. The molecule has 0 aromatic heterocycles. The maximum absolute atomic E-state index is 9.10. The second-order valence-corrected chi connectivity index (χ2v) is 5.31. The topological polar surface area (TPSA) is 49.5 Å². The first-order valence-corrected chi connectivity index (χ1v) is 7.47. The Labute approximate surface area is 127 Å². The Morgan fingerprint density at radius 3 is 1.95 bits per heavy atom. The summed E-state index contributed by atoms with van der Waals surface area (Å²) in [7, 11) is 0.